The van der Waals surface area contributed by atoms with Crippen LogP contribution in [0, 0.1) is 0 Å². The normalized spacial score (nSPS) is 10.4. The number of rotatable bonds is 11. The number of nitrogens with two attached hydrogens (primary N) is 1. The second-order valence-corrected chi connectivity index (χ2v) is 7.76. The summed E-state index contributed by atoms with van der Waals surface area (Å²) in [5.41, 5.74) is 6.20. The Labute approximate surface area is 177 Å². The highest BCUT2D eigenvalue weighted by molar-refractivity contribution is 7.99. The highest BCUT2D eigenvalue weighted by Crippen LogP contribution is 2.25. The van der Waals surface area contributed by atoms with E-state index in [2.05, 4.69) is 4.98 Å². The van der Waals surface area contributed by atoms with Crippen LogP contribution >= 0.6 is 23.1 Å². The maximum Gasteiger partial charge on any atom is 0.328 e. The summed E-state index contributed by atoms with van der Waals surface area (Å²) < 4.78 is 0. The fourth-order valence-electron chi connectivity index (χ4n) is 2.13. The molecule has 0 saturated carbocycles. The Morgan fingerprint density at radius 2 is 1.72 bits per heavy atom. The lowest BCUT2D eigenvalue weighted by Crippen LogP contribution is -2.02. The smallest absolute Gasteiger partial charge is 0.328 e. The summed E-state index contributed by atoms with van der Waals surface area (Å²) in [6.07, 6.45) is 7.46. The molecule has 7 nitrogen and oxygen atoms in total. The third-order valence-corrected chi connectivity index (χ3v) is 5.43. The van der Waals surface area contributed by atoms with Gasteiger partial charge in [-0.3, -0.25) is 4.79 Å². The maximum absolute atomic E-state index is 12.4. The summed E-state index contributed by atoms with van der Waals surface area (Å²) in [6.45, 7) is 0.771. The average molecular weight is 437 g/mol. The predicted molar refractivity (Wildman–Crippen MR) is 115 cm³/mol. The third-order valence-electron chi connectivity index (χ3n) is 3.47. The lowest BCUT2D eigenvalue weighted by Gasteiger charge is -2.06. The highest BCUT2D eigenvalue weighted by Gasteiger charge is 2.15. The van der Waals surface area contributed by atoms with Gasteiger partial charge in [-0.2, -0.15) is 0 Å². The number of carboxylic acid groups (broad SMARTS) is 2. The summed E-state index contributed by atoms with van der Waals surface area (Å²) in [4.78, 5) is 36.7. The van der Waals surface area contributed by atoms with Crippen LogP contribution in [0.3, 0.4) is 0 Å². The second kappa shape index (κ2) is 14.5. The molecule has 2 aromatic rings. The monoisotopic (exact) mass is 436 g/mol. The van der Waals surface area contributed by atoms with Crippen LogP contribution in [0.2, 0.25) is 0 Å². The standard InChI is InChI=1S/C16H20N2OS2.C4H4O4/c17-9-3-1-2-4-11-21-16-13(7-5-10-18-16)15(19)14-8-6-12-20-14;5-3(6)1-2-4(7)8/h5-8,10,12H,1-4,9,11,17H2;1-2H,(H,5,6)(H,7,8). The van der Waals surface area contributed by atoms with Gasteiger partial charge in [0.25, 0.3) is 0 Å². The number of thiophene rings is 1. The molecule has 0 aliphatic rings. The third kappa shape index (κ3) is 10.6. The van der Waals surface area contributed by atoms with Crippen LogP contribution in [0.5, 0.6) is 0 Å². The van der Waals surface area contributed by atoms with Gasteiger partial charge >= 0.3 is 11.9 Å². The largest absolute Gasteiger partial charge is 0.478 e. The van der Waals surface area contributed by atoms with Crippen LogP contribution in [-0.4, -0.2) is 45.2 Å². The first-order valence-electron chi connectivity index (χ1n) is 8.95. The quantitative estimate of drug-likeness (QED) is 0.210. The number of hydrogen-bond donors (Lipinski definition) is 3. The molecule has 2 heterocycles. The molecule has 156 valence electrons. The number of unbranched alkanes of at least 4 members (excludes halogenated alkanes) is 3. The van der Waals surface area contributed by atoms with Gasteiger partial charge in [-0.1, -0.05) is 18.9 Å². The van der Waals surface area contributed by atoms with E-state index in [4.69, 9.17) is 15.9 Å². The molecule has 0 radical (unpaired) electrons. The number of ketones is 1. The van der Waals surface area contributed by atoms with Crippen LogP contribution in [0.1, 0.15) is 40.9 Å². The van der Waals surface area contributed by atoms with Crippen LogP contribution in [0.25, 0.3) is 0 Å². The predicted octanol–water partition coefficient (Wildman–Crippen LogP) is 3.70. The van der Waals surface area contributed by atoms with Gasteiger partial charge in [-0.15, -0.1) is 23.1 Å². The molecule has 2 rings (SSSR count). The van der Waals surface area contributed by atoms with Crippen molar-refractivity contribution >= 4 is 40.8 Å². The van der Waals surface area contributed by atoms with E-state index in [0.717, 1.165) is 35.0 Å². The van der Waals surface area contributed by atoms with Gasteiger partial charge in [-0.25, -0.2) is 14.6 Å². The van der Waals surface area contributed by atoms with Gasteiger partial charge in [-0.05, 0) is 48.7 Å². The Morgan fingerprint density at radius 3 is 2.31 bits per heavy atom. The fraction of sp³-hybridized carbons (Fsp3) is 0.300. The molecule has 0 spiro atoms. The van der Waals surface area contributed by atoms with E-state index in [1.807, 2.05) is 29.6 Å². The number of carbonyl (C=O) groups is 3. The van der Waals surface area contributed by atoms with Gasteiger partial charge in [0.05, 0.1) is 10.4 Å². The minimum absolute atomic E-state index is 0.0729. The van der Waals surface area contributed by atoms with Crippen molar-refractivity contribution < 1.29 is 24.6 Å². The zero-order chi connectivity index (χ0) is 21.5. The van der Waals surface area contributed by atoms with Crippen molar-refractivity contribution in [3.8, 4) is 0 Å². The van der Waals surface area contributed by atoms with Gasteiger partial charge < -0.3 is 15.9 Å². The number of carboxylic acids is 2. The molecule has 0 atom stereocenters. The summed E-state index contributed by atoms with van der Waals surface area (Å²) in [7, 11) is 0. The van der Waals surface area contributed by atoms with Crippen molar-refractivity contribution in [1.82, 2.24) is 4.98 Å². The van der Waals surface area contributed by atoms with Gasteiger partial charge in [0, 0.05) is 18.3 Å². The van der Waals surface area contributed by atoms with Crippen molar-refractivity contribution in [1.29, 1.82) is 0 Å². The van der Waals surface area contributed by atoms with E-state index < -0.39 is 11.9 Å². The molecular formula is C20H24N2O5S2. The Morgan fingerprint density at radius 1 is 1.03 bits per heavy atom. The van der Waals surface area contributed by atoms with Crippen molar-refractivity contribution in [2.75, 3.05) is 12.3 Å². The molecule has 9 heteroatoms. The molecule has 0 aliphatic heterocycles. The van der Waals surface area contributed by atoms with E-state index in [1.54, 1.807) is 18.0 Å². The van der Waals surface area contributed by atoms with Crippen LogP contribution in [-0.2, 0) is 9.59 Å². The van der Waals surface area contributed by atoms with Crippen LogP contribution in [0.4, 0.5) is 0 Å². The maximum atomic E-state index is 12.4. The number of aromatic nitrogens is 1. The SMILES string of the molecule is NCCCCCCSc1ncccc1C(=O)c1cccs1.O=C(O)C=CC(=O)O. The number of thioether (sulfide) groups is 1. The Balaban J connectivity index is 0.000000447. The van der Waals surface area contributed by atoms with E-state index in [-0.39, 0.29) is 5.78 Å². The first kappa shape index (κ1) is 24.5. The Kier molecular flexibility index (Phi) is 12.3. The van der Waals surface area contributed by atoms with Gasteiger partial charge in [0.2, 0.25) is 5.78 Å². The minimum atomic E-state index is -1.26. The number of aliphatic carboxylic acids is 2. The van der Waals surface area contributed by atoms with Crippen LogP contribution < -0.4 is 5.73 Å². The molecular weight excluding hydrogens is 412 g/mol. The highest BCUT2D eigenvalue weighted by atomic mass is 32.2. The molecule has 0 aliphatic carbocycles. The molecule has 0 amide bonds. The first-order valence-corrected chi connectivity index (χ1v) is 10.8. The Hall–Kier alpha value is -2.49. The molecule has 4 N–H and O–H groups in total. The fourth-order valence-corrected chi connectivity index (χ4v) is 3.80. The van der Waals surface area contributed by atoms with E-state index in [9.17, 15) is 14.4 Å². The molecule has 0 fully saturated rings. The first-order chi connectivity index (χ1) is 14.0. The summed E-state index contributed by atoms with van der Waals surface area (Å²) in [6, 6.07) is 7.46. The second-order valence-electron chi connectivity index (χ2n) is 5.72. The van der Waals surface area contributed by atoms with E-state index in [0.29, 0.717) is 17.7 Å². The zero-order valence-corrected chi connectivity index (χ0v) is 17.5. The van der Waals surface area contributed by atoms with E-state index >= 15 is 0 Å². The van der Waals surface area contributed by atoms with Gasteiger partial charge in [0.1, 0.15) is 5.03 Å². The molecule has 0 aromatic carbocycles. The summed E-state index contributed by atoms with van der Waals surface area (Å²) in [5, 5.41) is 18.4. The Bertz CT molecular complexity index is 791. The molecule has 0 bridgehead atoms. The summed E-state index contributed by atoms with van der Waals surface area (Å²) >= 11 is 3.15. The number of nitrogens with zero attached hydrogens (tertiary/aromatic N) is 1. The van der Waals surface area contributed by atoms with E-state index in [1.165, 1.54) is 24.2 Å². The lowest BCUT2D eigenvalue weighted by atomic mass is 10.1. The number of hydrogen-bond acceptors (Lipinski definition) is 7. The molecule has 29 heavy (non-hydrogen) atoms. The average Bonchev–Trinajstić information content (AvgIpc) is 3.24. The summed E-state index contributed by atoms with van der Waals surface area (Å²) in [5.74, 6) is -1.45. The number of pyridine rings is 1. The van der Waals surface area contributed by atoms with Crippen molar-refractivity contribution in [3.05, 3.63) is 58.4 Å². The van der Waals surface area contributed by atoms with Crippen molar-refractivity contribution in [3.63, 3.8) is 0 Å². The lowest BCUT2D eigenvalue weighted by molar-refractivity contribution is -0.134. The molecule has 0 unspecified atom stereocenters. The number of carbonyl (C=O) groups excluding carboxylic acids is 1. The topological polar surface area (TPSA) is 131 Å². The molecule has 2 aromatic heterocycles. The molecule has 0 saturated heterocycles. The van der Waals surface area contributed by atoms with Gasteiger partial charge in [0.15, 0.2) is 0 Å². The van der Waals surface area contributed by atoms with Crippen molar-refractivity contribution in [2.45, 2.75) is 30.7 Å². The van der Waals surface area contributed by atoms with Crippen molar-refractivity contribution in [2.24, 2.45) is 5.73 Å². The van der Waals surface area contributed by atoms with Crippen LogP contribution in [0.15, 0.2) is 53.0 Å². The minimum Gasteiger partial charge on any atom is -0.478 e. The zero-order valence-electron chi connectivity index (χ0n) is 15.8.